The normalized spacial score (nSPS) is 14.0. The maximum atomic E-state index is 11.8. The van der Waals surface area contributed by atoms with E-state index in [4.69, 9.17) is 10.1 Å². The van der Waals surface area contributed by atoms with Crippen LogP contribution >= 0.6 is 0 Å². The topological polar surface area (TPSA) is 86.7 Å². The predicted octanol–water partition coefficient (Wildman–Crippen LogP) is 4.00. The minimum atomic E-state index is -0.559. The molecule has 6 nitrogen and oxygen atoms in total. The number of aliphatic hydroxyl groups is 1. The molecule has 6 heteroatoms. The Hall–Kier alpha value is -2.55. The van der Waals surface area contributed by atoms with Crippen LogP contribution in [-0.4, -0.2) is 17.8 Å². The van der Waals surface area contributed by atoms with Gasteiger partial charge in [0.2, 0.25) is 5.39 Å². The highest BCUT2D eigenvalue weighted by molar-refractivity contribution is 5.68. The Balaban J connectivity index is 3.19. The zero-order valence-corrected chi connectivity index (χ0v) is 13.1. The lowest BCUT2D eigenvalue weighted by atomic mass is 9.83. The first-order valence-electron chi connectivity index (χ1n) is 7.22. The van der Waals surface area contributed by atoms with Crippen molar-refractivity contribution in [3.05, 3.63) is 52.8 Å². The van der Waals surface area contributed by atoms with Crippen LogP contribution in [0, 0.1) is 17.2 Å². The van der Waals surface area contributed by atoms with Gasteiger partial charge in [0.25, 0.3) is 0 Å². The maximum Gasteiger partial charge on any atom is 0.407 e. The number of nitrogens with zero attached hydrogens (tertiary/aromatic N) is 2. The third-order valence-corrected chi connectivity index (χ3v) is 3.32. The van der Waals surface area contributed by atoms with Crippen LogP contribution in [0.25, 0.3) is 4.98 Å². The minimum Gasteiger partial charge on any atom is -0.505 e. The molecule has 0 aliphatic carbocycles. The highest BCUT2D eigenvalue weighted by Gasteiger charge is 2.33. The first-order valence-corrected chi connectivity index (χ1v) is 7.22. The van der Waals surface area contributed by atoms with Crippen molar-refractivity contribution in [2.75, 3.05) is 6.61 Å². The second kappa shape index (κ2) is 8.67. The fourth-order valence-corrected chi connectivity index (χ4v) is 2.38. The van der Waals surface area contributed by atoms with E-state index in [1.807, 2.05) is 44.2 Å². The van der Waals surface area contributed by atoms with E-state index in [1.54, 1.807) is 6.92 Å². The molecule has 1 amide bonds. The molecule has 1 rings (SSSR count). The number of diazo groups is 1. The van der Waals surface area contributed by atoms with Crippen LogP contribution in [0.15, 0.2) is 42.3 Å². The van der Waals surface area contributed by atoms with E-state index in [2.05, 4.69) is 10.3 Å². The first kappa shape index (κ1) is 17.5. The molecule has 0 saturated carbocycles. The van der Waals surface area contributed by atoms with Gasteiger partial charge in [0.05, 0.1) is 18.6 Å². The molecule has 0 unspecified atom stereocenters. The lowest BCUT2D eigenvalue weighted by Gasteiger charge is -2.29. The first-order chi connectivity index (χ1) is 10.5. The van der Waals surface area contributed by atoms with Gasteiger partial charge in [0.15, 0.2) is 10.7 Å². The summed E-state index contributed by atoms with van der Waals surface area (Å²) in [5.41, 5.74) is 0.826. The van der Waals surface area contributed by atoms with Crippen LogP contribution in [-0.2, 0) is 4.74 Å². The van der Waals surface area contributed by atoms with Crippen molar-refractivity contribution in [1.29, 1.82) is 5.39 Å². The number of hydrogen-bond donors (Lipinski definition) is 2. The lowest BCUT2D eigenvalue weighted by Crippen LogP contribution is -2.36. The Morgan fingerprint density at radius 3 is 2.55 bits per heavy atom. The smallest absolute Gasteiger partial charge is 0.407 e. The second-order valence-electron chi connectivity index (χ2n) is 5.19. The van der Waals surface area contributed by atoms with Gasteiger partial charge >= 0.3 is 12.3 Å². The average Bonchev–Trinajstić information content (AvgIpc) is 2.47. The minimum absolute atomic E-state index is 0.00914. The summed E-state index contributed by atoms with van der Waals surface area (Å²) in [6.45, 7) is 5.80. The Labute approximate surface area is 130 Å². The van der Waals surface area contributed by atoms with Crippen LogP contribution < -0.4 is 5.32 Å². The summed E-state index contributed by atoms with van der Waals surface area (Å²) in [7, 11) is 0. The molecule has 2 atom stereocenters. The Morgan fingerprint density at radius 2 is 2.05 bits per heavy atom. The standard InChI is InChI=1S/C16H21N3O3/c1-4-22-16(21)19-15(12-8-6-5-7-9-12)14(11(2)3)13(20)10-18-17/h5-11,14-15H,4H2,1-3H3,(H-,19,20,21)/p+1/t14-,15-/m0/s1. The third-order valence-electron chi connectivity index (χ3n) is 3.32. The van der Waals surface area contributed by atoms with E-state index in [9.17, 15) is 9.90 Å². The van der Waals surface area contributed by atoms with E-state index in [0.717, 1.165) is 11.8 Å². The summed E-state index contributed by atoms with van der Waals surface area (Å²) in [6.07, 6.45) is 0.420. The molecule has 1 aromatic carbocycles. The molecule has 0 radical (unpaired) electrons. The molecule has 0 bridgehead atoms. The molecule has 118 valence electrons. The Kier molecular flexibility index (Phi) is 6.90. The summed E-state index contributed by atoms with van der Waals surface area (Å²) in [4.78, 5) is 14.7. The summed E-state index contributed by atoms with van der Waals surface area (Å²) in [5.74, 6) is -0.573. The van der Waals surface area contributed by atoms with Crippen molar-refractivity contribution in [2.24, 2.45) is 11.8 Å². The number of carbonyl (C=O) groups is 1. The number of ether oxygens (including phenoxy) is 1. The number of nitrogens with one attached hydrogen (secondary N) is 1. The van der Waals surface area contributed by atoms with Gasteiger partial charge in [-0.15, -0.1) is 0 Å². The number of aliphatic hydroxyl groups excluding tert-OH is 1. The molecule has 1 aromatic rings. The van der Waals surface area contributed by atoms with Crippen LogP contribution in [0.1, 0.15) is 32.4 Å². The monoisotopic (exact) mass is 304 g/mol. The molecule has 0 fully saturated rings. The number of rotatable bonds is 6. The summed E-state index contributed by atoms with van der Waals surface area (Å²) < 4.78 is 4.94. The molecule has 0 saturated heterocycles. The van der Waals surface area contributed by atoms with Crippen LogP contribution in [0.3, 0.4) is 0 Å². The largest absolute Gasteiger partial charge is 0.505 e. The molecular weight excluding hydrogens is 282 g/mol. The third kappa shape index (κ3) is 4.77. The number of amides is 1. The van der Waals surface area contributed by atoms with Gasteiger partial charge in [0.1, 0.15) is 0 Å². The van der Waals surface area contributed by atoms with Gasteiger partial charge < -0.3 is 15.2 Å². The number of carbonyl (C=O) groups excluding carboxylic acids is 1. The lowest BCUT2D eigenvalue weighted by molar-refractivity contribution is 0.138. The van der Waals surface area contributed by atoms with E-state index < -0.39 is 18.1 Å². The number of hydrogen-bond acceptors (Lipinski definition) is 4. The number of benzene rings is 1. The van der Waals surface area contributed by atoms with Crippen molar-refractivity contribution in [3.8, 4) is 0 Å². The van der Waals surface area contributed by atoms with E-state index in [1.165, 1.54) is 0 Å². The van der Waals surface area contributed by atoms with Gasteiger partial charge in [-0.1, -0.05) is 44.2 Å². The number of alkyl carbamates (subject to hydrolysis) is 1. The van der Waals surface area contributed by atoms with Gasteiger partial charge in [-0.3, -0.25) is 0 Å². The van der Waals surface area contributed by atoms with E-state index in [-0.39, 0.29) is 18.3 Å². The highest BCUT2D eigenvalue weighted by atomic mass is 16.5. The molecule has 0 aliphatic rings. The van der Waals surface area contributed by atoms with Crippen molar-refractivity contribution in [2.45, 2.75) is 26.8 Å². The van der Waals surface area contributed by atoms with Crippen molar-refractivity contribution < 1.29 is 14.6 Å². The van der Waals surface area contributed by atoms with Crippen molar-refractivity contribution >= 4 is 6.09 Å². The fraction of sp³-hybridized carbons (Fsp3) is 0.438. The molecule has 2 N–H and O–H groups in total. The van der Waals surface area contributed by atoms with Gasteiger partial charge in [-0.05, 0) is 18.4 Å². The van der Waals surface area contributed by atoms with Crippen LogP contribution in [0.4, 0.5) is 4.79 Å². The molecule has 0 aliphatic heterocycles. The zero-order valence-electron chi connectivity index (χ0n) is 13.1. The summed E-state index contributed by atoms with van der Waals surface area (Å²) in [5, 5.41) is 21.6. The van der Waals surface area contributed by atoms with E-state index >= 15 is 0 Å². The summed E-state index contributed by atoms with van der Waals surface area (Å²) in [6, 6.07) is 8.78. The van der Waals surface area contributed by atoms with Gasteiger partial charge in [-0.25, -0.2) is 4.79 Å². The van der Waals surface area contributed by atoms with E-state index in [0.29, 0.717) is 0 Å². The van der Waals surface area contributed by atoms with Gasteiger partial charge in [0, 0.05) is 0 Å². The van der Waals surface area contributed by atoms with Gasteiger partial charge in [-0.2, -0.15) is 0 Å². The van der Waals surface area contributed by atoms with Crippen LogP contribution in [0.5, 0.6) is 0 Å². The molecule has 0 heterocycles. The highest BCUT2D eigenvalue weighted by Crippen LogP contribution is 2.33. The van der Waals surface area contributed by atoms with Crippen molar-refractivity contribution in [1.82, 2.24) is 5.32 Å². The second-order valence-corrected chi connectivity index (χ2v) is 5.19. The molecule has 22 heavy (non-hydrogen) atoms. The fourth-order valence-electron chi connectivity index (χ4n) is 2.38. The zero-order chi connectivity index (χ0) is 16.5. The maximum absolute atomic E-state index is 11.8. The van der Waals surface area contributed by atoms with Crippen LogP contribution in [0.2, 0.25) is 0 Å². The summed E-state index contributed by atoms with van der Waals surface area (Å²) >= 11 is 0. The molecule has 0 aromatic heterocycles. The molecular formula is C16H22N3O3+. The quantitative estimate of drug-likeness (QED) is 0.614. The Morgan fingerprint density at radius 1 is 1.41 bits per heavy atom. The SMILES string of the molecule is CCOC(=O)N[C@@H](c1ccccc1)[C@H](C(O)=C[N+]#N)C(C)C. The average molecular weight is 304 g/mol. The molecule has 0 spiro atoms. The predicted molar refractivity (Wildman–Crippen MR) is 83.5 cm³/mol. The van der Waals surface area contributed by atoms with Crippen molar-refractivity contribution in [3.63, 3.8) is 0 Å². The Bertz CT molecular complexity index is 550.